The first-order valence-corrected chi connectivity index (χ1v) is 10.1. The lowest BCUT2D eigenvalue weighted by molar-refractivity contribution is -0.137. The van der Waals surface area contributed by atoms with Crippen molar-refractivity contribution >= 4 is 22.8 Å². The van der Waals surface area contributed by atoms with Crippen LogP contribution in [0.15, 0.2) is 28.8 Å². The SMILES string of the molecule is CCCc1nc(N2CCN(C(C)=O)CC2)c2c(-c3cccc(C(F)(F)F)c3)noc2n1. The molecule has 0 bridgehead atoms. The number of aryl methyl sites for hydroxylation is 1. The number of alkyl halides is 3. The van der Waals surface area contributed by atoms with Gasteiger partial charge < -0.3 is 14.3 Å². The van der Waals surface area contributed by atoms with Crippen LogP contribution >= 0.6 is 0 Å². The summed E-state index contributed by atoms with van der Waals surface area (Å²) in [5.41, 5.74) is 0.0355. The second-order valence-electron chi connectivity index (χ2n) is 7.50. The van der Waals surface area contributed by atoms with E-state index in [1.807, 2.05) is 11.8 Å². The van der Waals surface area contributed by atoms with E-state index in [0.717, 1.165) is 18.6 Å². The van der Waals surface area contributed by atoms with E-state index in [1.165, 1.54) is 13.0 Å². The van der Waals surface area contributed by atoms with Gasteiger partial charge in [-0.15, -0.1) is 0 Å². The van der Waals surface area contributed by atoms with Crippen molar-refractivity contribution in [3.63, 3.8) is 0 Å². The number of amides is 1. The van der Waals surface area contributed by atoms with Crippen LogP contribution in [0.5, 0.6) is 0 Å². The number of benzene rings is 1. The average Bonchev–Trinajstić information content (AvgIpc) is 3.17. The third-order valence-electron chi connectivity index (χ3n) is 5.32. The summed E-state index contributed by atoms with van der Waals surface area (Å²) in [4.78, 5) is 24.6. The first-order valence-electron chi connectivity index (χ1n) is 10.1. The zero-order chi connectivity index (χ0) is 22.2. The predicted molar refractivity (Wildman–Crippen MR) is 108 cm³/mol. The Hall–Kier alpha value is -3.17. The number of fused-ring (bicyclic) bond motifs is 1. The maximum atomic E-state index is 13.2. The average molecular weight is 433 g/mol. The van der Waals surface area contributed by atoms with Crippen molar-refractivity contribution < 1.29 is 22.5 Å². The number of carbonyl (C=O) groups excluding carboxylic acids is 1. The maximum absolute atomic E-state index is 13.2. The van der Waals surface area contributed by atoms with Gasteiger partial charge >= 0.3 is 6.18 Å². The molecule has 0 spiro atoms. The van der Waals surface area contributed by atoms with Crippen LogP contribution in [0, 0.1) is 0 Å². The molecule has 1 saturated heterocycles. The van der Waals surface area contributed by atoms with Crippen LogP contribution < -0.4 is 4.90 Å². The summed E-state index contributed by atoms with van der Waals surface area (Å²) in [6.45, 7) is 5.70. The van der Waals surface area contributed by atoms with Crippen molar-refractivity contribution in [2.75, 3.05) is 31.1 Å². The van der Waals surface area contributed by atoms with Gasteiger partial charge in [0, 0.05) is 45.1 Å². The van der Waals surface area contributed by atoms with Gasteiger partial charge in [0.25, 0.3) is 5.71 Å². The lowest BCUT2D eigenvalue weighted by Crippen LogP contribution is -2.48. The monoisotopic (exact) mass is 433 g/mol. The largest absolute Gasteiger partial charge is 0.416 e. The minimum atomic E-state index is -4.47. The molecule has 0 N–H and O–H groups in total. The number of piperazine rings is 1. The Morgan fingerprint density at radius 3 is 2.55 bits per heavy atom. The van der Waals surface area contributed by atoms with Gasteiger partial charge in [0.05, 0.1) is 5.56 Å². The Kier molecular flexibility index (Phi) is 5.55. The number of hydrogen-bond acceptors (Lipinski definition) is 6. The molecule has 0 atom stereocenters. The van der Waals surface area contributed by atoms with Crippen LogP contribution in [0.1, 0.15) is 31.7 Å². The minimum Gasteiger partial charge on any atom is -0.352 e. The van der Waals surface area contributed by atoms with Gasteiger partial charge in [-0.2, -0.15) is 18.2 Å². The van der Waals surface area contributed by atoms with Crippen molar-refractivity contribution in [2.24, 2.45) is 0 Å². The lowest BCUT2D eigenvalue weighted by Gasteiger charge is -2.35. The Morgan fingerprint density at radius 2 is 1.90 bits per heavy atom. The molecule has 10 heteroatoms. The van der Waals surface area contributed by atoms with Crippen LogP contribution in [-0.4, -0.2) is 52.1 Å². The topological polar surface area (TPSA) is 75.4 Å². The van der Waals surface area contributed by atoms with E-state index in [4.69, 9.17) is 9.51 Å². The first-order chi connectivity index (χ1) is 14.8. The van der Waals surface area contributed by atoms with Gasteiger partial charge in [0.2, 0.25) is 5.91 Å². The summed E-state index contributed by atoms with van der Waals surface area (Å²) >= 11 is 0. The predicted octanol–water partition coefficient (Wildman–Crippen LogP) is 3.92. The quantitative estimate of drug-likeness (QED) is 0.621. The second-order valence-corrected chi connectivity index (χ2v) is 7.50. The summed E-state index contributed by atoms with van der Waals surface area (Å²) in [5, 5.41) is 4.53. The Labute approximate surface area is 176 Å². The number of rotatable bonds is 4. The molecule has 4 rings (SSSR count). The van der Waals surface area contributed by atoms with E-state index in [0.29, 0.717) is 49.6 Å². The Morgan fingerprint density at radius 1 is 1.16 bits per heavy atom. The molecule has 164 valence electrons. The van der Waals surface area contributed by atoms with Gasteiger partial charge in [-0.1, -0.05) is 24.2 Å². The minimum absolute atomic E-state index is 0.00814. The molecule has 31 heavy (non-hydrogen) atoms. The van der Waals surface area contributed by atoms with E-state index < -0.39 is 11.7 Å². The Bertz CT molecular complexity index is 1100. The maximum Gasteiger partial charge on any atom is 0.416 e. The van der Waals surface area contributed by atoms with Gasteiger partial charge in [-0.3, -0.25) is 4.79 Å². The number of halogens is 3. The highest BCUT2D eigenvalue weighted by molar-refractivity contribution is 5.98. The van der Waals surface area contributed by atoms with Crippen LogP contribution in [0.4, 0.5) is 19.0 Å². The molecule has 7 nitrogen and oxygen atoms in total. The molecule has 0 aliphatic carbocycles. The van der Waals surface area contributed by atoms with E-state index >= 15 is 0 Å². The molecule has 1 aromatic carbocycles. The number of hydrogen-bond donors (Lipinski definition) is 0. The van der Waals surface area contributed by atoms with Crippen molar-refractivity contribution in [1.82, 2.24) is 20.0 Å². The van der Waals surface area contributed by atoms with Crippen LogP contribution in [0.2, 0.25) is 0 Å². The van der Waals surface area contributed by atoms with Gasteiger partial charge in [-0.05, 0) is 18.6 Å². The van der Waals surface area contributed by atoms with E-state index in [1.54, 1.807) is 11.0 Å². The molecule has 1 amide bonds. The van der Waals surface area contributed by atoms with E-state index in [-0.39, 0.29) is 22.9 Å². The molecule has 1 aliphatic rings. The highest BCUT2D eigenvalue weighted by Crippen LogP contribution is 2.37. The molecular weight excluding hydrogens is 411 g/mol. The number of anilines is 1. The molecule has 1 aliphatic heterocycles. The van der Waals surface area contributed by atoms with Gasteiger partial charge in [-0.25, -0.2) is 4.98 Å². The van der Waals surface area contributed by atoms with Crippen LogP contribution in [0.3, 0.4) is 0 Å². The third kappa shape index (κ3) is 4.19. The van der Waals surface area contributed by atoms with E-state index in [9.17, 15) is 18.0 Å². The second kappa shape index (κ2) is 8.16. The molecule has 0 unspecified atom stereocenters. The number of carbonyl (C=O) groups is 1. The highest BCUT2D eigenvalue weighted by atomic mass is 19.4. The fraction of sp³-hybridized carbons (Fsp3) is 0.429. The molecule has 0 saturated carbocycles. The first kappa shape index (κ1) is 21.1. The summed E-state index contributed by atoms with van der Waals surface area (Å²) in [6.07, 6.45) is -3.00. The van der Waals surface area contributed by atoms with E-state index in [2.05, 4.69) is 10.1 Å². The summed E-state index contributed by atoms with van der Waals surface area (Å²) in [5.74, 6) is 1.17. The molecule has 0 radical (unpaired) electrons. The highest BCUT2D eigenvalue weighted by Gasteiger charge is 2.31. The van der Waals surface area contributed by atoms with Gasteiger partial charge in [0.1, 0.15) is 22.7 Å². The third-order valence-corrected chi connectivity index (χ3v) is 5.32. The van der Waals surface area contributed by atoms with Crippen molar-refractivity contribution in [3.8, 4) is 11.3 Å². The normalized spacial score (nSPS) is 15.0. The number of aromatic nitrogens is 3. The number of nitrogens with zero attached hydrogens (tertiary/aromatic N) is 5. The van der Waals surface area contributed by atoms with Crippen LogP contribution in [0.25, 0.3) is 22.4 Å². The van der Waals surface area contributed by atoms with Crippen molar-refractivity contribution in [1.29, 1.82) is 0 Å². The standard InChI is InChI=1S/C21H22F3N5O2/c1-3-5-16-25-19(29-10-8-28(9-11-29)13(2)30)17-18(27-31-20(17)26-16)14-6-4-7-15(12-14)21(22,23)24/h4,6-7,12H,3,5,8-11H2,1-2H3. The molecule has 1 fully saturated rings. The van der Waals surface area contributed by atoms with Crippen molar-refractivity contribution in [3.05, 3.63) is 35.7 Å². The molecule has 2 aromatic heterocycles. The summed E-state index contributed by atoms with van der Waals surface area (Å²) < 4.78 is 45.1. The smallest absolute Gasteiger partial charge is 0.352 e. The zero-order valence-corrected chi connectivity index (χ0v) is 17.2. The molecule has 3 heterocycles. The summed E-state index contributed by atoms with van der Waals surface area (Å²) in [6, 6.07) is 4.97. The Balaban J connectivity index is 1.81. The van der Waals surface area contributed by atoms with Crippen molar-refractivity contribution in [2.45, 2.75) is 32.9 Å². The zero-order valence-electron chi connectivity index (χ0n) is 17.2. The summed E-state index contributed by atoms with van der Waals surface area (Å²) in [7, 11) is 0. The fourth-order valence-electron chi connectivity index (χ4n) is 3.72. The van der Waals surface area contributed by atoms with Gasteiger partial charge in [0.15, 0.2) is 0 Å². The lowest BCUT2D eigenvalue weighted by atomic mass is 10.1. The molecular formula is C21H22F3N5O2. The molecule has 3 aromatic rings. The van der Waals surface area contributed by atoms with Crippen LogP contribution in [-0.2, 0) is 17.4 Å². The fourth-order valence-corrected chi connectivity index (χ4v) is 3.72.